The number of Topliss-reactive ketones (excluding diaryl/α,β-unsaturated/α-hetero) is 1. The van der Waals surface area contributed by atoms with Crippen molar-refractivity contribution in [1.29, 1.82) is 0 Å². The van der Waals surface area contributed by atoms with E-state index in [1.807, 2.05) is 12.1 Å². The van der Waals surface area contributed by atoms with Crippen LogP contribution in [0.2, 0.25) is 0 Å². The summed E-state index contributed by atoms with van der Waals surface area (Å²) in [7, 11) is 0. The highest BCUT2D eigenvalue weighted by Gasteiger charge is 2.70. The van der Waals surface area contributed by atoms with Crippen molar-refractivity contribution >= 4 is 17.4 Å². The lowest BCUT2D eigenvalue weighted by molar-refractivity contribution is -0.228. The van der Waals surface area contributed by atoms with Gasteiger partial charge in [-0.1, -0.05) is 48.5 Å². The van der Waals surface area contributed by atoms with Crippen LogP contribution in [0.15, 0.2) is 35.7 Å². The van der Waals surface area contributed by atoms with Crippen LogP contribution in [0.25, 0.3) is 0 Å². The van der Waals surface area contributed by atoms with Crippen LogP contribution >= 0.6 is 0 Å². The Labute approximate surface area is 241 Å². The summed E-state index contributed by atoms with van der Waals surface area (Å²) in [6.07, 6.45) is 11.7. The monoisotopic (exact) mass is 546 g/mol. The van der Waals surface area contributed by atoms with Crippen molar-refractivity contribution in [2.24, 2.45) is 50.7 Å². The number of nitrogens with one attached hydrogen (secondary N) is 1. The number of nitrogens with zero attached hydrogens (tertiary/aromatic N) is 1. The Morgan fingerprint density at radius 3 is 2.40 bits per heavy atom. The highest BCUT2D eigenvalue weighted by atomic mass is 16.3. The van der Waals surface area contributed by atoms with Gasteiger partial charge in [-0.25, -0.2) is 0 Å². The molecule has 8 atom stereocenters. The summed E-state index contributed by atoms with van der Waals surface area (Å²) in [5.74, 6) is 1.62. The lowest BCUT2D eigenvalue weighted by atomic mass is 9.33. The molecule has 0 aromatic carbocycles. The predicted molar refractivity (Wildman–Crippen MR) is 158 cm³/mol. The number of anilines is 1. The molecular formula is C35H50N2O3. The van der Waals surface area contributed by atoms with Crippen molar-refractivity contribution in [2.75, 3.05) is 5.32 Å². The van der Waals surface area contributed by atoms with Gasteiger partial charge in [-0.2, -0.15) is 0 Å². The molecule has 4 fully saturated rings. The van der Waals surface area contributed by atoms with Crippen LogP contribution in [0.3, 0.4) is 0 Å². The molecule has 1 amide bonds. The van der Waals surface area contributed by atoms with E-state index in [1.165, 1.54) is 5.57 Å². The van der Waals surface area contributed by atoms with Crippen LogP contribution in [0, 0.1) is 50.7 Å². The molecule has 0 bridgehead atoms. The molecule has 40 heavy (non-hydrogen) atoms. The molecule has 5 aliphatic carbocycles. The Bertz CT molecular complexity index is 1250. The second-order valence-corrected chi connectivity index (χ2v) is 15.9. The molecule has 0 radical (unpaired) electrons. The molecule has 1 aromatic rings. The molecule has 5 nitrogen and oxygen atoms in total. The zero-order chi connectivity index (χ0) is 28.9. The van der Waals surface area contributed by atoms with Crippen LogP contribution in [0.5, 0.6) is 0 Å². The molecule has 1 heterocycles. The standard InChI is InChI=1S/C35H50N2O3/c1-21(2)28-24(38)19-35(30(40)37-22-9-8-18-36-20-22)17-16-33(6)23(29(28)35)10-11-26-32(5)14-13-27(39)31(3,4)25(32)12-15-34(26,33)7/h8-9,18,20-21,23,25-27,39H,10-17,19H2,1-7H3,(H,37,40)/t23-,25?,26?,27+,32+,33-,34-,35-/m1/s1. The first kappa shape index (κ1) is 28.1. The molecule has 5 aliphatic rings. The molecule has 2 N–H and O–H groups in total. The van der Waals surface area contributed by atoms with Gasteiger partial charge in [-0.05, 0) is 120 Å². The van der Waals surface area contributed by atoms with Crippen molar-refractivity contribution in [3.63, 3.8) is 0 Å². The third-order valence-electron chi connectivity index (χ3n) is 13.8. The first-order valence-corrected chi connectivity index (χ1v) is 15.9. The number of aliphatic hydroxyl groups is 1. The highest BCUT2D eigenvalue weighted by molar-refractivity contribution is 6.09. The number of pyridine rings is 1. The number of fused-ring (bicyclic) bond motifs is 7. The second-order valence-electron chi connectivity index (χ2n) is 15.9. The SMILES string of the molecule is CC(C)C1=C2[C@H]3CCC4[C@@]5(C)CC[C@H](O)C(C)(C)C5CC[C@@]4(C)[C@]3(C)CC[C@@]2(C(=O)Nc2cccnc2)CC1=O. The molecule has 0 aliphatic heterocycles. The second kappa shape index (κ2) is 8.99. The number of amides is 1. The van der Waals surface area contributed by atoms with E-state index in [4.69, 9.17) is 0 Å². The highest BCUT2D eigenvalue weighted by Crippen LogP contribution is 2.76. The van der Waals surface area contributed by atoms with Gasteiger partial charge in [0.15, 0.2) is 5.78 Å². The van der Waals surface area contributed by atoms with Gasteiger partial charge in [-0.15, -0.1) is 0 Å². The van der Waals surface area contributed by atoms with Crippen molar-refractivity contribution in [1.82, 2.24) is 4.98 Å². The molecule has 6 rings (SSSR count). The maximum absolute atomic E-state index is 14.2. The molecule has 1 aromatic heterocycles. The van der Waals surface area contributed by atoms with E-state index in [-0.39, 0.29) is 51.3 Å². The van der Waals surface area contributed by atoms with Crippen molar-refractivity contribution in [3.05, 3.63) is 35.7 Å². The molecule has 0 spiro atoms. The fourth-order valence-electron chi connectivity index (χ4n) is 11.6. The predicted octanol–water partition coefficient (Wildman–Crippen LogP) is 7.36. The van der Waals surface area contributed by atoms with E-state index in [9.17, 15) is 14.7 Å². The van der Waals surface area contributed by atoms with E-state index in [0.29, 0.717) is 23.9 Å². The molecule has 4 saturated carbocycles. The topological polar surface area (TPSA) is 79.3 Å². The normalized spacial score (nSPS) is 44.0. The quantitative estimate of drug-likeness (QED) is 0.415. The number of carbonyl (C=O) groups is 2. The summed E-state index contributed by atoms with van der Waals surface area (Å²) < 4.78 is 0. The summed E-state index contributed by atoms with van der Waals surface area (Å²) in [5, 5.41) is 14.2. The van der Waals surface area contributed by atoms with Gasteiger partial charge in [0, 0.05) is 12.6 Å². The summed E-state index contributed by atoms with van der Waals surface area (Å²) in [4.78, 5) is 32.2. The van der Waals surface area contributed by atoms with Crippen molar-refractivity contribution < 1.29 is 14.7 Å². The molecule has 218 valence electrons. The van der Waals surface area contributed by atoms with Gasteiger partial charge in [-0.3, -0.25) is 14.6 Å². The Kier molecular flexibility index (Phi) is 6.32. The lowest BCUT2D eigenvalue weighted by Gasteiger charge is -2.72. The van der Waals surface area contributed by atoms with Crippen LogP contribution in [0.1, 0.15) is 106 Å². The molecule has 5 heteroatoms. The average Bonchev–Trinajstić information content (AvgIpc) is 3.21. The summed E-state index contributed by atoms with van der Waals surface area (Å²) in [6.45, 7) is 16.5. The van der Waals surface area contributed by atoms with Crippen LogP contribution in [0.4, 0.5) is 5.69 Å². The maximum atomic E-state index is 14.2. The maximum Gasteiger partial charge on any atom is 0.235 e. The number of hydrogen-bond acceptors (Lipinski definition) is 4. The van der Waals surface area contributed by atoms with Gasteiger partial charge in [0.1, 0.15) is 0 Å². The lowest BCUT2D eigenvalue weighted by Crippen LogP contribution is -2.66. The van der Waals surface area contributed by atoms with Crippen LogP contribution < -0.4 is 5.32 Å². The average molecular weight is 547 g/mol. The minimum atomic E-state index is -0.752. The molecule has 2 unspecified atom stereocenters. The van der Waals surface area contributed by atoms with Gasteiger partial charge >= 0.3 is 0 Å². The third kappa shape index (κ3) is 3.51. The van der Waals surface area contributed by atoms with E-state index < -0.39 is 5.41 Å². The summed E-state index contributed by atoms with van der Waals surface area (Å²) >= 11 is 0. The Morgan fingerprint density at radius 1 is 0.975 bits per heavy atom. The Morgan fingerprint density at radius 2 is 1.73 bits per heavy atom. The smallest absolute Gasteiger partial charge is 0.235 e. The number of aliphatic hydroxyl groups excluding tert-OH is 1. The number of rotatable bonds is 3. The van der Waals surface area contributed by atoms with Crippen molar-refractivity contribution in [2.45, 2.75) is 112 Å². The van der Waals surface area contributed by atoms with E-state index in [1.54, 1.807) is 12.4 Å². The first-order chi connectivity index (χ1) is 18.7. The first-order valence-electron chi connectivity index (χ1n) is 15.9. The zero-order valence-corrected chi connectivity index (χ0v) is 25.8. The number of aromatic nitrogens is 1. The third-order valence-corrected chi connectivity index (χ3v) is 13.8. The molecular weight excluding hydrogens is 496 g/mol. The van der Waals surface area contributed by atoms with Gasteiger partial charge < -0.3 is 10.4 Å². The van der Waals surface area contributed by atoms with Crippen molar-refractivity contribution in [3.8, 4) is 0 Å². The minimum absolute atomic E-state index is 0.0208. The van der Waals surface area contributed by atoms with Gasteiger partial charge in [0.05, 0.1) is 23.4 Å². The minimum Gasteiger partial charge on any atom is -0.393 e. The van der Waals surface area contributed by atoms with E-state index >= 15 is 0 Å². The Hall–Kier alpha value is -2.01. The van der Waals surface area contributed by atoms with Gasteiger partial charge in [0.2, 0.25) is 5.91 Å². The molecule has 0 saturated heterocycles. The summed E-state index contributed by atoms with van der Waals surface area (Å²) in [5.41, 5.74) is 2.38. The fraction of sp³-hybridized carbons (Fsp3) is 0.743. The number of hydrogen-bond donors (Lipinski definition) is 2. The number of ketones is 1. The van der Waals surface area contributed by atoms with E-state index in [0.717, 1.165) is 56.9 Å². The number of carbonyl (C=O) groups excluding carboxylic acids is 2. The number of allylic oxidation sites excluding steroid dienone is 1. The Balaban J connectivity index is 1.42. The largest absolute Gasteiger partial charge is 0.393 e. The van der Waals surface area contributed by atoms with Crippen LogP contribution in [-0.2, 0) is 9.59 Å². The zero-order valence-electron chi connectivity index (χ0n) is 25.8. The van der Waals surface area contributed by atoms with E-state index in [2.05, 4.69) is 58.8 Å². The van der Waals surface area contributed by atoms with Crippen LogP contribution in [-0.4, -0.2) is 27.9 Å². The van der Waals surface area contributed by atoms with Gasteiger partial charge in [0.25, 0.3) is 0 Å². The fourth-order valence-corrected chi connectivity index (χ4v) is 11.6. The summed E-state index contributed by atoms with van der Waals surface area (Å²) in [6, 6.07) is 3.72.